The van der Waals surface area contributed by atoms with E-state index >= 15 is 0 Å². The topological polar surface area (TPSA) is 65.0 Å². The highest BCUT2D eigenvalue weighted by Gasteiger charge is 2.20. The van der Waals surface area contributed by atoms with Crippen molar-refractivity contribution in [1.29, 1.82) is 0 Å². The van der Waals surface area contributed by atoms with E-state index in [0.29, 0.717) is 17.5 Å². The van der Waals surface area contributed by atoms with Gasteiger partial charge in [0.1, 0.15) is 22.3 Å². The zero-order valence-corrected chi connectivity index (χ0v) is 30.1. The summed E-state index contributed by atoms with van der Waals surface area (Å²) in [5, 5.41) is 4.10. The largest absolute Gasteiger partial charge is 0.456 e. The summed E-state index contributed by atoms with van der Waals surface area (Å²) in [5.41, 5.74) is 12.6. The van der Waals surface area contributed by atoms with E-state index in [0.717, 1.165) is 93.9 Å². The predicted molar refractivity (Wildman–Crippen MR) is 227 cm³/mol. The van der Waals surface area contributed by atoms with Crippen LogP contribution >= 0.6 is 0 Å². The van der Waals surface area contributed by atoms with Crippen molar-refractivity contribution in [3.63, 3.8) is 0 Å². The Morgan fingerprint density at radius 3 is 1.50 bits per heavy atom. The monoisotopic (exact) mass is 717 g/mol. The Morgan fingerprint density at radius 2 is 0.768 bits per heavy atom. The highest BCUT2D eigenvalue weighted by atomic mass is 16.3. The fourth-order valence-corrected chi connectivity index (χ4v) is 7.84. The van der Waals surface area contributed by atoms with Crippen LogP contribution in [0, 0.1) is 0 Å². The molecule has 0 radical (unpaired) electrons. The van der Waals surface area contributed by atoms with Crippen LogP contribution in [-0.4, -0.2) is 15.0 Å². The molecule has 8 aromatic carbocycles. The maximum Gasteiger partial charge on any atom is 0.164 e. The number of rotatable bonds is 6. The minimum absolute atomic E-state index is 0.578. The Bertz CT molecular complexity index is 3220. The van der Waals surface area contributed by atoms with E-state index in [1.165, 1.54) is 0 Å². The van der Waals surface area contributed by atoms with Crippen molar-refractivity contribution in [2.24, 2.45) is 0 Å². The smallest absolute Gasteiger partial charge is 0.164 e. The summed E-state index contributed by atoms with van der Waals surface area (Å²) in [6, 6.07) is 64.5. The molecule has 0 bridgehead atoms. The molecule has 0 atom stereocenters. The van der Waals surface area contributed by atoms with Crippen molar-refractivity contribution in [2.75, 3.05) is 0 Å². The first-order chi connectivity index (χ1) is 27.7. The summed E-state index contributed by atoms with van der Waals surface area (Å²) in [5.74, 6) is 1.79. The van der Waals surface area contributed by atoms with E-state index < -0.39 is 0 Å². The number of hydrogen-bond donors (Lipinski definition) is 0. The first-order valence-corrected chi connectivity index (χ1v) is 18.7. The van der Waals surface area contributed by atoms with Gasteiger partial charge in [0, 0.05) is 38.2 Å². The summed E-state index contributed by atoms with van der Waals surface area (Å²) in [6.45, 7) is 0. The van der Waals surface area contributed by atoms with Gasteiger partial charge in [-0.05, 0) is 69.8 Å². The molecule has 56 heavy (non-hydrogen) atoms. The first-order valence-electron chi connectivity index (χ1n) is 18.7. The van der Waals surface area contributed by atoms with Gasteiger partial charge >= 0.3 is 0 Å². The molecule has 0 aliphatic heterocycles. The van der Waals surface area contributed by atoms with Crippen LogP contribution in [0.4, 0.5) is 0 Å². The fourth-order valence-electron chi connectivity index (χ4n) is 7.84. The van der Waals surface area contributed by atoms with Crippen LogP contribution in [0.1, 0.15) is 0 Å². The molecule has 5 nitrogen and oxygen atoms in total. The molecule has 0 aliphatic rings. The standard InChI is InChI=1S/C51H31N3O2/c1-4-13-32(14-5-1)34-23-25-36(26-24-34)50-52-49(35-17-8-3-9-18-35)53-51(54-50)40-20-12-22-45-48(40)42-29-37(27-28-44(42)55-45)41-30-38(33-15-6-2-7-16-33)31-46-47(41)39-19-10-11-21-43(39)56-46/h1-31H. The molecule has 0 amide bonds. The molecule has 0 fully saturated rings. The molecule has 3 heterocycles. The number of fused-ring (bicyclic) bond motifs is 6. The third-order valence-electron chi connectivity index (χ3n) is 10.6. The Morgan fingerprint density at radius 1 is 0.268 bits per heavy atom. The average Bonchev–Trinajstić information content (AvgIpc) is 3.85. The number of hydrogen-bond acceptors (Lipinski definition) is 5. The number of nitrogens with zero attached hydrogens (tertiary/aromatic N) is 3. The fraction of sp³-hybridized carbons (Fsp3) is 0. The van der Waals surface area contributed by atoms with Gasteiger partial charge in [-0.2, -0.15) is 0 Å². The van der Waals surface area contributed by atoms with Gasteiger partial charge in [0.15, 0.2) is 17.5 Å². The van der Waals surface area contributed by atoms with Crippen LogP contribution in [-0.2, 0) is 0 Å². The lowest BCUT2D eigenvalue weighted by atomic mass is 9.93. The molecule has 0 saturated carbocycles. The Balaban J connectivity index is 1.11. The molecule has 0 saturated heterocycles. The second-order valence-electron chi connectivity index (χ2n) is 14.0. The van der Waals surface area contributed by atoms with E-state index in [4.69, 9.17) is 23.8 Å². The highest BCUT2D eigenvalue weighted by molar-refractivity contribution is 6.16. The van der Waals surface area contributed by atoms with Crippen LogP contribution in [0.2, 0.25) is 0 Å². The molecule has 5 heteroatoms. The number of furan rings is 2. The molecule has 11 aromatic rings. The van der Waals surface area contributed by atoms with E-state index in [1.807, 2.05) is 66.7 Å². The zero-order valence-electron chi connectivity index (χ0n) is 30.1. The lowest BCUT2D eigenvalue weighted by Gasteiger charge is -2.10. The second-order valence-corrected chi connectivity index (χ2v) is 14.0. The van der Waals surface area contributed by atoms with Crippen LogP contribution in [0.3, 0.4) is 0 Å². The molecular formula is C51H31N3O2. The van der Waals surface area contributed by atoms with E-state index in [-0.39, 0.29) is 0 Å². The highest BCUT2D eigenvalue weighted by Crippen LogP contribution is 2.43. The normalized spacial score (nSPS) is 11.6. The summed E-state index contributed by atoms with van der Waals surface area (Å²) < 4.78 is 13.0. The summed E-state index contributed by atoms with van der Waals surface area (Å²) in [6.07, 6.45) is 0. The summed E-state index contributed by atoms with van der Waals surface area (Å²) in [7, 11) is 0. The van der Waals surface area contributed by atoms with Crippen molar-refractivity contribution in [3.05, 3.63) is 188 Å². The van der Waals surface area contributed by atoms with Gasteiger partial charge in [0.05, 0.1) is 0 Å². The quantitative estimate of drug-likeness (QED) is 0.171. The predicted octanol–water partition coefficient (Wildman–Crippen LogP) is 13.7. The lowest BCUT2D eigenvalue weighted by molar-refractivity contribution is 0.669. The lowest BCUT2D eigenvalue weighted by Crippen LogP contribution is -2.00. The second kappa shape index (κ2) is 13.0. The van der Waals surface area contributed by atoms with Crippen molar-refractivity contribution >= 4 is 43.9 Å². The minimum atomic E-state index is 0.578. The number of para-hydroxylation sites is 1. The molecule has 262 valence electrons. The molecule has 0 unspecified atom stereocenters. The van der Waals surface area contributed by atoms with Gasteiger partial charge in [0.25, 0.3) is 0 Å². The Kier molecular flexibility index (Phi) is 7.42. The third-order valence-corrected chi connectivity index (χ3v) is 10.6. The van der Waals surface area contributed by atoms with E-state index in [1.54, 1.807) is 0 Å². The molecule has 11 rings (SSSR count). The Hall–Kier alpha value is -7.63. The van der Waals surface area contributed by atoms with E-state index in [2.05, 4.69) is 121 Å². The van der Waals surface area contributed by atoms with Crippen molar-refractivity contribution < 1.29 is 8.83 Å². The molecule has 0 spiro atoms. The van der Waals surface area contributed by atoms with Crippen molar-refractivity contribution in [3.8, 4) is 67.5 Å². The number of benzene rings is 8. The molecule has 0 N–H and O–H groups in total. The summed E-state index contributed by atoms with van der Waals surface area (Å²) >= 11 is 0. The number of aromatic nitrogens is 3. The zero-order chi connectivity index (χ0) is 37.0. The van der Waals surface area contributed by atoms with Crippen molar-refractivity contribution in [1.82, 2.24) is 15.0 Å². The van der Waals surface area contributed by atoms with Gasteiger partial charge in [-0.25, -0.2) is 15.0 Å². The third kappa shape index (κ3) is 5.45. The van der Waals surface area contributed by atoms with Gasteiger partial charge in [0.2, 0.25) is 0 Å². The van der Waals surface area contributed by atoms with Gasteiger partial charge < -0.3 is 8.83 Å². The van der Waals surface area contributed by atoms with Crippen molar-refractivity contribution in [2.45, 2.75) is 0 Å². The maximum atomic E-state index is 6.54. The average molecular weight is 718 g/mol. The van der Waals surface area contributed by atoms with Crippen LogP contribution < -0.4 is 0 Å². The molecule has 3 aromatic heterocycles. The summed E-state index contributed by atoms with van der Waals surface area (Å²) in [4.78, 5) is 15.3. The molecular weight excluding hydrogens is 687 g/mol. The SMILES string of the molecule is c1ccc(-c2ccc(-c3nc(-c4ccccc4)nc(-c4cccc5oc6ccc(-c7cc(-c8ccccc8)cc8oc9ccccc9c78)cc6c45)n3)cc2)cc1. The van der Waals surface area contributed by atoms with E-state index in [9.17, 15) is 0 Å². The maximum absolute atomic E-state index is 6.54. The van der Waals surface area contributed by atoms with Crippen LogP contribution in [0.25, 0.3) is 111 Å². The first kappa shape index (κ1) is 31.9. The van der Waals surface area contributed by atoms with Crippen LogP contribution in [0.15, 0.2) is 197 Å². The minimum Gasteiger partial charge on any atom is -0.456 e. The Labute approximate surface area is 322 Å². The molecule has 0 aliphatic carbocycles. The van der Waals surface area contributed by atoms with Gasteiger partial charge in [-0.3, -0.25) is 0 Å². The van der Waals surface area contributed by atoms with Gasteiger partial charge in [-0.1, -0.05) is 152 Å². The van der Waals surface area contributed by atoms with Gasteiger partial charge in [-0.15, -0.1) is 0 Å². The van der Waals surface area contributed by atoms with Crippen LogP contribution in [0.5, 0.6) is 0 Å².